The molecule has 2 atom stereocenters. The van der Waals surface area contributed by atoms with E-state index in [2.05, 4.69) is 9.71 Å². The summed E-state index contributed by atoms with van der Waals surface area (Å²) in [6.45, 7) is 0.520. The number of fused-ring (bicyclic) bond motifs is 1. The lowest BCUT2D eigenvalue weighted by atomic mass is 9.85. The standard InChI is InChI=1S/C16H21N3O2S.ClH/c17-10-12-4-1-2-6-15(12)19-22(20,21)16-7-3-5-13-11-18-9-8-14(13)16;/h3,5,7-9,11-12,15,19H,1-2,4,6,10,17H2;1H. The van der Waals surface area contributed by atoms with Crippen molar-refractivity contribution in [3.63, 3.8) is 0 Å². The van der Waals surface area contributed by atoms with Crippen LogP contribution < -0.4 is 10.5 Å². The number of aromatic nitrogens is 1. The van der Waals surface area contributed by atoms with Crippen LogP contribution in [0.1, 0.15) is 25.7 Å². The Morgan fingerprint density at radius 1 is 1.22 bits per heavy atom. The van der Waals surface area contributed by atoms with Gasteiger partial charge in [-0.1, -0.05) is 25.0 Å². The molecule has 126 valence electrons. The van der Waals surface area contributed by atoms with Gasteiger partial charge in [-0.25, -0.2) is 13.1 Å². The molecule has 1 aromatic carbocycles. The lowest BCUT2D eigenvalue weighted by molar-refractivity contribution is 0.296. The van der Waals surface area contributed by atoms with Crippen LogP contribution in [0.2, 0.25) is 0 Å². The van der Waals surface area contributed by atoms with E-state index in [-0.39, 0.29) is 24.4 Å². The number of nitrogens with one attached hydrogen (secondary N) is 1. The summed E-state index contributed by atoms with van der Waals surface area (Å²) in [4.78, 5) is 4.36. The molecule has 0 amide bonds. The molecule has 7 heteroatoms. The molecule has 1 heterocycles. The van der Waals surface area contributed by atoms with Crippen molar-refractivity contribution in [2.24, 2.45) is 11.7 Å². The molecular formula is C16H22ClN3O2S. The van der Waals surface area contributed by atoms with Gasteiger partial charge in [0, 0.05) is 29.2 Å². The van der Waals surface area contributed by atoms with Gasteiger partial charge < -0.3 is 5.73 Å². The first-order chi connectivity index (χ1) is 10.6. The molecule has 0 saturated heterocycles. The SMILES string of the molecule is Cl.NCC1CCCCC1NS(=O)(=O)c1cccc2cnccc12. The normalized spacial score (nSPS) is 21.8. The summed E-state index contributed by atoms with van der Waals surface area (Å²) in [7, 11) is -3.56. The van der Waals surface area contributed by atoms with Crippen LogP contribution in [0.25, 0.3) is 10.8 Å². The third-order valence-electron chi connectivity index (χ3n) is 4.45. The summed E-state index contributed by atoms with van der Waals surface area (Å²) in [6.07, 6.45) is 7.31. The monoisotopic (exact) mass is 355 g/mol. The lowest BCUT2D eigenvalue weighted by Gasteiger charge is -2.31. The van der Waals surface area contributed by atoms with E-state index in [1.165, 1.54) is 0 Å². The van der Waals surface area contributed by atoms with Gasteiger partial charge in [-0.2, -0.15) is 0 Å². The summed E-state index contributed by atoms with van der Waals surface area (Å²) >= 11 is 0. The van der Waals surface area contributed by atoms with Gasteiger partial charge in [0.2, 0.25) is 10.0 Å². The van der Waals surface area contributed by atoms with Crippen LogP contribution in [-0.2, 0) is 10.0 Å². The van der Waals surface area contributed by atoms with Crippen molar-refractivity contribution in [3.8, 4) is 0 Å². The average Bonchev–Trinajstić information content (AvgIpc) is 2.54. The highest BCUT2D eigenvalue weighted by atomic mass is 35.5. The number of hydrogen-bond acceptors (Lipinski definition) is 4. The van der Waals surface area contributed by atoms with Crippen molar-refractivity contribution < 1.29 is 8.42 Å². The quantitative estimate of drug-likeness (QED) is 0.882. The van der Waals surface area contributed by atoms with E-state index < -0.39 is 10.0 Å². The maximum Gasteiger partial charge on any atom is 0.241 e. The Balaban J connectivity index is 0.00000192. The molecule has 2 aromatic rings. The highest BCUT2D eigenvalue weighted by molar-refractivity contribution is 7.89. The van der Waals surface area contributed by atoms with Gasteiger partial charge in [-0.15, -0.1) is 12.4 Å². The van der Waals surface area contributed by atoms with Crippen molar-refractivity contribution >= 4 is 33.2 Å². The van der Waals surface area contributed by atoms with Gasteiger partial charge in [0.25, 0.3) is 0 Å². The zero-order valence-corrected chi connectivity index (χ0v) is 14.4. The first-order valence-electron chi connectivity index (χ1n) is 7.67. The van der Waals surface area contributed by atoms with Gasteiger partial charge >= 0.3 is 0 Å². The number of pyridine rings is 1. The van der Waals surface area contributed by atoms with Gasteiger partial charge in [0.15, 0.2) is 0 Å². The maximum absolute atomic E-state index is 12.8. The fourth-order valence-electron chi connectivity index (χ4n) is 3.23. The Morgan fingerprint density at radius 2 is 2.00 bits per heavy atom. The Kier molecular flexibility index (Phi) is 5.97. The minimum atomic E-state index is -3.56. The molecule has 23 heavy (non-hydrogen) atoms. The van der Waals surface area contributed by atoms with E-state index in [0.29, 0.717) is 16.8 Å². The van der Waals surface area contributed by atoms with Crippen molar-refractivity contribution in [3.05, 3.63) is 36.7 Å². The highest BCUT2D eigenvalue weighted by Crippen LogP contribution is 2.27. The van der Waals surface area contributed by atoms with Crippen LogP contribution in [0.15, 0.2) is 41.6 Å². The van der Waals surface area contributed by atoms with E-state index in [0.717, 1.165) is 31.1 Å². The van der Waals surface area contributed by atoms with Crippen LogP contribution in [-0.4, -0.2) is 26.0 Å². The van der Waals surface area contributed by atoms with Gasteiger partial charge in [0.1, 0.15) is 0 Å². The van der Waals surface area contributed by atoms with E-state index >= 15 is 0 Å². The molecule has 1 aliphatic carbocycles. The summed E-state index contributed by atoms with van der Waals surface area (Å²) in [5.41, 5.74) is 5.80. The van der Waals surface area contributed by atoms with Crippen molar-refractivity contribution in [2.75, 3.05) is 6.54 Å². The molecule has 1 aliphatic rings. The lowest BCUT2D eigenvalue weighted by Crippen LogP contribution is -2.44. The zero-order valence-electron chi connectivity index (χ0n) is 12.8. The highest BCUT2D eigenvalue weighted by Gasteiger charge is 2.29. The number of nitrogens with two attached hydrogens (primary N) is 1. The molecule has 1 aromatic heterocycles. The first kappa shape index (κ1) is 18.1. The summed E-state index contributed by atoms with van der Waals surface area (Å²) < 4.78 is 28.5. The van der Waals surface area contributed by atoms with Gasteiger partial charge in [-0.3, -0.25) is 4.98 Å². The zero-order chi connectivity index (χ0) is 15.6. The van der Waals surface area contributed by atoms with Crippen LogP contribution in [0.3, 0.4) is 0 Å². The second-order valence-electron chi connectivity index (χ2n) is 5.86. The van der Waals surface area contributed by atoms with E-state index in [9.17, 15) is 8.42 Å². The smallest absolute Gasteiger partial charge is 0.241 e. The number of hydrogen-bond donors (Lipinski definition) is 2. The molecule has 1 fully saturated rings. The Bertz CT molecular complexity index is 762. The van der Waals surface area contributed by atoms with Crippen molar-refractivity contribution in [2.45, 2.75) is 36.6 Å². The fraction of sp³-hybridized carbons (Fsp3) is 0.438. The number of halogens is 1. The molecule has 5 nitrogen and oxygen atoms in total. The summed E-state index contributed by atoms with van der Waals surface area (Å²) in [5.74, 6) is 0.222. The van der Waals surface area contributed by atoms with Crippen LogP contribution in [0.4, 0.5) is 0 Å². The second-order valence-corrected chi connectivity index (χ2v) is 7.54. The van der Waals surface area contributed by atoms with Crippen LogP contribution in [0, 0.1) is 5.92 Å². The summed E-state index contributed by atoms with van der Waals surface area (Å²) in [6, 6.07) is 6.93. The van der Waals surface area contributed by atoms with Gasteiger partial charge in [-0.05, 0) is 37.4 Å². The van der Waals surface area contributed by atoms with Gasteiger partial charge in [0.05, 0.1) is 4.90 Å². The largest absolute Gasteiger partial charge is 0.330 e. The Morgan fingerprint density at radius 3 is 2.78 bits per heavy atom. The van der Waals surface area contributed by atoms with Crippen LogP contribution >= 0.6 is 12.4 Å². The first-order valence-corrected chi connectivity index (χ1v) is 9.15. The molecule has 0 spiro atoms. The minimum absolute atomic E-state index is 0. The number of rotatable bonds is 4. The third-order valence-corrected chi connectivity index (χ3v) is 6.00. The average molecular weight is 356 g/mol. The molecule has 3 N–H and O–H groups in total. The van der Waals surface area contributed by atoms with E-state index in [4.69, 9.17) is 5.73 Å². The molecular weight excluding hydrogens is 334 g/mol. The van der Waals surface area contributed by atoms with E-state index in [1.807, 2.05) is 6.07 Å². The molecule has 3 rings (SSSR count). The topological polar surface area (TPSA) is 85.1 Å². The summed E-state index contributed by atoms with van der Waals surface area (Å²) in [5, 5.41) is 1.52. The van der Waals surface area contributed by atoms with Crippen molar-refractivity contribution in [1.82, 2.24) is 9.71 Å². The van der Waals surface area contributed by atoms with E-state index in [1.54, 1.807) is 30.6 Å². The minimum Gasteiger partial charge on any atom is -0.330 e. The number of nitrogens with zero attached hydrogens (tertiary/aromatic N) is 1. The molecule has 0 bridgehead atoms. The fourth-order valence-corrected chi connectivity index (χ4v) is 4.80. The van der Waals surface area contributed by atoms with Crippen LogP contribution in [0.5, 0.6) is 0 Å². The number of benzene rings is 1. The molecule has 0 aliphatic heterocycles. The Hall–Kier alpha value is -1.21. The number of sulfonamides is 1. The maximum atomic E-state index is 12.8. The van der Waals surface area contributed by atoms with Crippen molar-refractivity contribution in [1.29, 1.82) is 0 Å². The molecule has 0 radical (unpaired) electrons. The predicted molar refractivity (Wildman–Crippen MR) is 94.1 cm³/mol. The second kappa shape index (κ2) is 7.57. The predicted octanol–water partition coefficient (Wildman–Crippen LogP) is 2.45. The molecule has 2 unspecified atom stereocenters. The molecule has 1 saturated carbocycles. The Labute approximate surface area is 143 Å². The third kappa shape index (κ3) is 3.83.